The molecule has 5 nitrogen and oxygen atoms in total. The third-order valence-corrected chi connectivity index (χ3v) is 3.41. The highest BCUT2D eigenvalue weighted by atomic mass is 35.5. The fourth-order valence-electron chi connectivity index (χ4n) is 1.54. The van der Waals surface area contributed by atoms with Gasteiger partial charge in [0.2, 0.25) is 0 Å². The molecule has 2 aromatic rings. The molecular weight excluding hydrogens is 327 g/mol. The van der Waals surface area contributed by atoms with Gasteiger partial charge in [-0.2, -0.15) is 5.10 Å². The van der Waals surface area contributed by atoms with Crippen LogP contribution < -0.4 is 10.2 Å². The normalized spacial score (nSPS) is 10.6. The molecule has 0 radical (unpaired) electrons. The maximum atomic E-state index is 11.6. The molecule has 7 heteroatoms. The first-order valence-electron chi connectivity index (χ1n) is 6.24. The van der Waals surface area contributed by atoms with Crippen LogP contribution in [0.3, 0.4) is 0 Å². The summed E-state index contributed by atoms with van der Waals surface area (Å²) in [7, 11) is 0. The lowest BCUT2D eigenvalue weighted by molar-refractivity contribution is -0.123. The minimum absolute atomic E-state index is 0.0717. The van der Waals surface area contributed by atoms with Crippen LogP contribution in [0.5, 0.6) is 11.5 Å². The van der Waals surface area contributed by atoms with E-state index in [4.69, 9.17) is 27.9 Å². The van der Waals surface area contributed by atoms with Gasteiger partial charge in [0, 0.05) is 5.56 Å². The Labute approximate surface area is 137 Å². The second-order valence-electron chi connectivity index (χ2n) is 4.19. The average molecular weight is 339 g/mol. The monoisotopic (exact) mass is 338 g/mol. The van der Waals surface area contributed by atoms with Crippen molar-refractivity contribution in [3.63, 3.8) is 0 Å². The third-order valence-electron chi connectivity index (χ3n) is 2.60. The molecule has 2 rings (SSSR count). The lowest BCUT2D eigenvalue weighted by Crippen LogP contribution is -2.24. The van der Waals surface area contributed by atoms with Crippen molar-refractivity contribution in [3.8, 4) is 11.5 Å². The lowest BCUT2D eigenvalue weighted by atomic mass is 10.2. The van der Waals surface area contributed by atoms with Gasteiger partial charge in [-0.15, -0.1) is 0 Å². The lowest BCUT2D eigenvalue weighted by Gasteiger charge is -2.07. The van der Waals surface area contributed by atoms with E-state index in [9.17, 15) is 9.90 Å². The number of benzene rings is 2. The number of aromatic hydroxyl groups is 1. The van der Waals surface area contributed by atoms with Crippen molar-refractivity contribution < 1.29 is 14.6 Å². The summed E-state index contributed by atoms with van der Waals surface area (Å²) in [4.78, 5) is 11.6. The number of hydrogen-bond donors (Lipinski definition) is 2. The number of ether oxygens (including phenoxy) is 1. The zero-order valence-corrected chi connectivity index (χ0v) is 12.8. The predicted molar refractivity (Wildman–Crippen MR) is 85.8 cm³/mol. The molecule has 2 aromatic carbocycles. The maximum absolute atomic E-state index is 11.6. The van der Waals surface area contributed by atoms with E-state index in [0.29, 0.717) is 16.3 Å². The molecule has 0 spiro atoms. The maximum Gasteiger partial charge on any atom is 0.277 e. The predicted octanol–water partition coefficient (Wildman–Crippen LogP) is 3.23. The summed E-state index contributed by atoms with van der Waals surface area (Å²) < 4.78 is 5.25. The number of phenolic OH excluding ortho intramolecular Hbond substituents is 1. The summed E-state index contributed by atoms with van der Waals surface area (Å²) in [6, 6.07) is 11.5. The molecule has 22 heavy (non-hydrogen) atoms. The zero-order chi connectivity index (χ0) is 15.9. The van der Waals surface area contributed by atoms with Gasteiger partial charge in [0.15, 0.2) is 6.61 Å². The Morgan fingerprint density at radius 3 is 2.77 bits per heavy atom. The number of carbonyl (C=O) groups is 1. The van der Waals surface area contributed by atoms with Crippen molar-refractivity contribution in [2.24, 2.45) is 5.10 Å². The van der Waals surface area contributed by atoms with Gasteiger partial charge in [0.1, 0.15) is 16.5 Å². The largest absolute Gasteiger partial charge is 0.507 e. The van der Waals surface area contributed by atoms with Gasteiger partial charge in [-0.25, -0.2) is 5.43 Å². The highest BCUT2D eigenvalue weighted by molar-refractivity contribution is 6.42. The number of para-hydroxylation sites is 1. The summed E-state index contributed by atoms with van der Waals surface area (Å²) in [5.41, 5.74) is 2.77. The van der Waals surface area contributed by atoms with Crippen LogP contribution in [-0.4, -0.2) is 23.8 Å². The fraction of sp³-hybridized carbons (Fsp3) is 0.0667. The summed E-state index contributed by atoms with van der Waals surface area (Å²) in [5.74, 6) is -0.0841. The molecule has 0 saturated heterocycles. The molecule has 0 aromatic heterocycles. The van der Waals surface area contributed by atoms with E-state index >= 15 is 0 Å². The molecule has 1 amide bonds. The number of halogens is 2. The first-order chi connectivity index (χ1) is 10.6. The second kappa shape index (κ2) is 7.68. The first kappa shape index (κ1) is 16.1. The Morgan fingerprint density at radius 2 is 2.00 bits per heavy atom. The average Bonchev–Trinajstić information content (AvgIpc) is 2.51. The van der Waals surface area contributed by atoms with Crippen LogP contribution in [0.25, 0.3) is 0 Å². The number of rotatable bonds is 5. The molecule has 0 heterocycles. The molecular formula is C15H12Cl2N2O3. The van der Waals surface area contributed by atoms with Gasteiger partial charge in [-0.1, -0.05) is 41.4 Å². The number of amides is 1. The molecule has 0 aliphatic heterocycles. The molecule has 0 fully saturated rings. The quantitative estimate of drug-likeness (QED) is 0.649. The Morgan fingerprint density at radius 1 is 1.23 bits per heavy atom. The van der Waals surface area contributed by atoms with Crippen LogP contribution in [0.1, 0.15) is 5.56 Å². The molecule has 0 aliphatic rings. The van der Waals surface area contributed by atoms with Crippen LogP contribution in [0.4, 0.5) is 0 Å². The van der Waals surface area contributed by atoms with Crippen molar-refractivity contribution >= 4 is 35.3 Å². The summed E-state index contributed by atoms with van der Waals surface area (Å²) >= 11 is 11.8. The SMILES string of the molecule is O=C(COc1cccc(Cl)c1Cl)NN=Cc1ccccc1O. The number of phenols is 1. The minimum atomic E-state index is -0.470. The highest BCUT2D eigenvalue weighted by Crippen LogP contribution is 2.31. The van der Waals surface area contributed by atoms with E-state index in [1.807, 2.05) is 0 Å². The Balaban J connectivity index is 1.86. The Bertz CT molecular complexity index is 705. The summed E-state index contributed by atoms with van der Waals surface area (Å²) in [6.07, 6.45) is 1.33. The summed E-state index contributed by atoms with van der Waals surface area (Å²) in [6.45, 7) is -0.266. The fourth-order valence-corrected chi connectivity index (χ4v) is 1.89. The summed E-state index contributed by atoms with van der Waals surface area (Å²) in [5, 5.41) is 13.8. The van der Waals surface area contributed by atoms with E-state index in [1.54, 1.807) is 36.4 Å². The molecule has 2 N–H and O–H groups in total. The van der Waals surface area contributed by atoms with Crippen molar-refractivity contribution in [3.05, 3.63) is 58.1 Å². The van der Waals surface area contributed by atoms with E-state index in [1.165, 1.54) is 12.3 Å². The number of nitrogens with zero attached hydrogens (tertiary/aromatic N) is 1. The van der Waals surface area contributed by atoms with E-state index in [-0.39, 0.29) is 17.4 Å². The Kier molecular flexibility index (Phi) is 5.63. The number of hydrogen-bond acceptors (Lipinski definition) is 4. The Hall–Kier alpha value is -2.24. The second-order valence-corrected chi connectivity index (χ2v) is 4.98. The van der Waals surface area contributed by atoms with Gasteiger partial charge in [0.25, 0.3) is 5.91 Å². The number of hydrazone groups is 1. The van der Waals surface area contributed by atoms with Crippen LogP contribution in [0, 0.1) is 0 Å². The minimum Gasteiger partial charge on any atom is -0.507 e. The van der Waals surface area contributed by atoms with Crippen LogP contribution >= 0.6 is 23.2 Å². The number of carbonyl (C=O) groups excluding carboxylic acids is 1. The molecule has 0 atom stereocenters. The molecule has 0 aliphatic carbocycles. The van der Waals surface area contributed by atoms with Crippen molar-refractivity contribution in [2.75, 3.05) is 6.61 Å². The van der Waals surface area contributed by atoms with Crippen LogP contribution in [0.15, 0.2) is 47.6 Å². The molecule has 114 valence electrons. The van der Waals surface area contributed by atoms with Gasteiger partial charge in [-0.05, 0) is 24.3 Å². The molecule has 0 saturated carbocycles. The van der Waals surface area contributed by atoms with Gasteiger partial charge >= 0.3 is 0 Å². The number of nitrogens with one attached hydrogen (secondary N) is 1. The van der Waals surface area contributed by atoms with Crippen molar-refractivity contribution in [1.29, 1.82) is 0 Å². The van der Waals surface area contributed by atoms with Gasteiger partial charge in [-0.3, -0.25) is 4.79 Å². The van der Waals surface area contributed by atoms with Gasteiger partial charge < -0.3 is 9.84 Å². The highest BCUT2D eigenvalue weighted by Gasteiger charge is 2.07. The zero-order valence-electron chi connectivity index (χ0n) is 11.3. The molecule has 0 unspecified atom stereocenters. The van der Waals surface area contributed by atoms with Crippen molar-refractivity contribution in [1.82, 2.24) is 5.43 Å². The van der Waals surface area contributed by atoms with Crippen LogP contribution in [0.2, 0.25) is 10.0 Å². The van der Waals surface area contributed by atoms with Crippen LogP contribution in [-0.2, 0) is 4.79 Å². The van der Waals surface area contributed by atoms with E-state index < -0.39 is 5.91 Å². The first-order valence-corrected chi connectivity index (χ1v) is 7.00. The van der Waals surface area contributed by atoms with E-state index in [2.05, 4.69) is 10.5 Å². The standard InChI is InChI=1S/C15H12Cl2N2O3/c16-11-5-3-7-13(15(11)17)22-9-14(21)19-18-8-10-4-1-2-6-12(10)20/h1-8,20H,9H2,(H,19,21). The molecule has 0 bridgehead atoms. The third kappa shape index (κ3) is 4.38. The van der Waals surface area contributed by atoms with Crippen molar-refractivity contribution in [2.45, 2.75) is 0 Å². The van der Waals surface area contributed by atoms with E-state index in [0.717, 1.165) is 0 Å². The topological polar surface area (TPSA) is 70.9 Å². The smallest absolute Gasteiger partial charge is 0.277 e. The van der Waals surface area contributed by atoms with Gasteiger partial charge in [0.05, 0.1) is 11.2 Å².